The molecule has 0 spiro atoms. The second-order valence-corrected chi connectivity index (χ2v) is 3.28. The number of carbonyl (C=O) groups excluding carboxylic acids is 1. The number of allylic oxidation sites excluding steroid dienone is 1. The van der Waals surface area contributed by atoms with Crippen LogP contribution in [0.1, 0.15) is 32.6 Å². The van der Waals surface area contributed by atoms with Crippen molar-refractivity contribution in [2.45, 2.75) is 32.6 Å². The standard InChI is InChI=1S/C12H20O2/c1-4-7-9-11(8-5-2)12(13)14-10-6-3/h5-6,11H,2-4,7-10H2,1H3. The number of unbranched alkanes of at least 4 members (excludes halogenated alkanes) is 1. The normalized spacial score (nSPS) is 11.8. The summed E-state index contributed by atoms with van der Waals surface area (Å²) in [6, 6.07) is 0. The molecule has 2 heteroatoms. The van der Waals surface area contributed by atoms with Crippen LogP contribution in [0.15, 0.2) is 25.3 Å². The number of ether oxygens (including phenoxy) is 1. The van der Waals surface area contributed by atoms with Crippen molar-refractivity contribution in [3.63, 3.8) is 0 Å². The van der Waals surface area contributed by atoms with E-state index in [4.69, 9.17) is 4.74 Å². The highest BCUT2D eigenvalue weighted by molar-refractivity contribution is 5.72. The number of hydrogen-bond acceptors (Lipinski definition) is 2. The molecule has 80 valence electrons. The first-order valence-corrected chi connectivity index (χ1v) is 5.14. The summed E-state index contributed by atoms with van der Waals surface area (Å²) in [7, 11) is 0. The van der Waals surface area contributed by atoms with Crippen LogP contribution in [0.2, 0.25) is 0 Å². The number of rotatable bonds is 8. The van der Waals surface area contributed by atoms with Crippen molar-refractivity contribution in [1.29, 1.82) is 0 Å². The van der Waals surface area contributed by atoms with Gasteiger partial charge < -0.3 is 4.74 Å². The van der Waals surface area contributed by atoms with Gasteiger partial charge in [0.05, 0.1) is 5.92 Å². The number of carbonyl (C=O) groups is 1. The van der Waals surface area contributed by atoms with E-state index in [1.165, 1.54) is 0 Å². The molecule has 14 heavy (non-hydrogen) atoms. The summed E-state index contributed by atoms with van der Waals surface area (Å²) in [4.78, 5) is 11.5. The van der Waals surface area contributed by atoms with Crippen molar-refractivity contribution in [1.82, 2.24) is 0 Å². The minimum atomic E-state index is -0.127. The molecule has 0 aliphatic carbocycles. The molecule has 0 saturated heterocycles. The lowest BCUT2D eigenvalue weighted by molar-refractivity contribution is -0.147. The molecule has 1 atom stereocenters. The van der Waals surface area contributed by atoms with Crippen LogP contribution in [0.5, 0.6) is 0 Å². The molecule has 0 aliphatic rings. The molecule has 0 aromatic rings. The second kappa shape index (κ2) is 8.54. The summed E-state index contributed by atoms with van der Waals surface area (Å²) in [5.41, 5.74) is 0. The Hall–Kier alpha value is -1.05. The Bertz CT molecular complexity index is 185. The van der Waals surface area contributed by atoms with E-state index in [1.54, 1.807) is 12.2 Å². The lowest BCUT2D eigenvalue weighted by atomic mass is 9.99. The zero-order valence-electron chi connectivity index (χ0n) is 9.00. The zero-order chi connectivity index (χ0) is 10.8. The van der Waals surface area contributed by atoms with Gasteiger partial charge in [0, 0.05) is 0 Å². The molecular formula is C12H20O2. The first kappa shape index (κ1) is 12.9. The molecule has 0 heterocycles. The topological polar surface area (TPSA) is 26.3 Å². The smallest absolute Gasteiger partial charge is 0.309 e. The van der Waals surface area contributed by atoms with Crippen LogP contribution in [0.3, 0.4) is 0 Å². The average Bonchev–Trinajstić information content (AvgIpc) is 2.20. The Morgan fingerprint density at radius 1 is 1.43 bits per heavy atom. The van der Waals surface area contributed by atoms with E-state index in [2.05, 4.69) is 20.1 Å². The molecule has 0 aliphatic heterocycles. The fraction of sp³-hybridized carbons (Fsp3) is 0.583. The van der Waals surface area contributed by atoms with E-state index in [1.807, 2.05) is 0 Å². The SMILES string of the molecule is C=CCOC(=O)C(CC=C)CCCC. The number of hydrogen-bond donors (Lipinski definition) is 0. The third-order valence-corrected chi connectivity index (χ3v) is 2.03. The fourth-order valence-electron chi connectivity index (χ4n) is 1.24. The third kappa shape index (κ3) is 5.57. The van der Waals surface area contributed by atoms with Gasteiger partial charge in [0.25, 0.3) is 0 Å². The van der Waals surface area contributed by atoms with Gasteiger partial charge >= 0.3 is 5.97 Å². The summed E-state index contributed by atoms with van der Waals surface area (Å²) in [5.74, 6) is -0.148. The van der Waals surface area contributed by atoms with E-state index in [0.29, 0.717) is 13.0 Å². The Morgan fingerprint density at radius 3 is 2.64 bits per heavy atom. The first-order chi connectivity index (χ1) is 6.76. The quantitative estimate of drug-likeness (QED) is 0.440. The molecule has 0 N–H and O–H groups in total. The second-order valence-electron chi connectivity index (χ2n) is 3.28. The van der Waals surface area contributed by atoms with Gasteiger partial charge in [-0.15, -0.1) is 6.58 Å². The Morgan fingerprint density at radius 2 is 2.14 bits per heavy atom. The van der Waals surface area contributed by atoms with Crippen LogP contribution in [-0.2, 0) is 9.53 Å². The zero-order valence-corrected chi connectivity index (χ0v) is 9.00. The molecule has 0 amide bonds. The Kier molecular flexibility index (Phi) is 7.90. The highest BCUT2D eigenvalue weighted by Gasteiger charge is 2.17. The van der Waals surface area contributed by atoms with Crippen molar-refractivity contribution in [2.24, 2.45) is 5.92 Å². The first-order valence-electron chi connectivity index (χ1n) is 5.14. The predicted octanol–water partition coefficient (Wildman–Crippen LogP) is 3.10. The van der Waals surface area contributed by atoms with Gasteiger partial charge in [-0.2, -0.15) is 0 Å². The monoisotopic (exact) mass is 196 g/mol. The Balaban J connectivity index is 3.95. The van der Waals surface area contributed by atoms with Crippen LogP contribution in [0, 0.1) is 5.92 Å². The number of esters is 1. The van der Waals surface area contributed by atoms with E-state index in [-0.39, 0.29) is 11.9 Å². The van der Waals surface area contributed by atoms with Gasteiger partial charge in [0.2, 0.25) is 0 Å². The third-order valence-electron chi connectivity index (χ3n) is 2.03. The van der Waals surface area contributed by atoms with Gasteiger partial charge in [-0.05, 0) is 12.8 Å². The van der Waals surface area contributed by atoms with E-state index >= 15 is 0 Å². The van der Waals surface area contributed by atoms with E-state index in [0.717, 1.165) is 19.3 Å². The highest BCUT2D eigenvalue weighted by Crippen LogP contribution is 2.15. The maximum atomic E-state index is 11.5. The summed E-state index contributed by atoms with van der Waals surface area (Å²) < 4.78 is 5.00. The minimum absolute atomic E-state index is 0.0209. The van der Waals surface area contributed by atoms with Crippen molar-refractivity contribution >= 4 is 5.97 Å². The van der Waals surface area contributed by atoms with E-state index in [9.17, 15) is 4.79 Å². The van der Waals surface area contributed by atoms with Crippen molar-refractivity contribution in [2.75, 3.05) is 6.61 Å². The molecule has 1 unspecified atom stereocenters. The van der Waals surface area contributed by atoms with Crippen molar-refractivity contribution in [3.8, 4) is 0 Å². The fourth-order valence-corrected chi connectivity index (χ4v) is 1.24. The molecule has 0 bridgehead atoms. The minimum Gasteiger partial charge on any atom is -0.461 e. The molecule has 0 aromatic carbocycles. The molecule has 0 radical (unpaired) electrons. The van der Waals surface area contributed by atoms with Crippen LogP contribution < -0.4 is 0 Å². The summed E-state index contributed by atoms with van der Waals surface area (Å²) in [5, 5.41) is 0. The largest absolute Gasteiger partial charge is 0.461 e. The van der Waals surface area contributed by atoms with Gasteiger partial charge in [0.15, 0.2) is 0 Å². The maximum absolute atomic E-state index is 11.5. The maximum Gasteiger partial charge on any atom is 0.309 e. The van der Waals surface area contributed by atoms with Crippen LogP contribution in [0.4, 0.5) is 0 Å². The van der Waals surface area contributed by atoms with Gasteiger partial charge in [-0.1, -0.05) is 38.5 Å². The van der Waals surface area contributed by atoms with Gasteiger partial charge in [-0.25, -0.2) is 0 Å². The molecule has 0 saturated carbocycles. The van der Waals surface area contributed by atoms with Crippen molar-refractivity contribution < 1.29 is 9.53 Å². The molecule has 2 nitrogen and oxygen atoms in total. The lowest BCUT2D eigenvalue weighted by Gasteiger charge is -2.12. The lowest BCUT2D eigenvalue weighted by Crippen LogP contribution is -2.17. The Labute approximate surface area is 86.6 Å². The highest BCUT2D eigenvalue weighted by atomic mass is 16.5. The van der Waals surface area contributed by atoms with Crippen molar-refractivity contribution in [3.05, 3.63) is 25.3 Å². The van der Waals surface area contributed by atoms with Crippen LogP contribution in [-0.4, -0.2) is 12.6 Å². The molecular weight excluding hydrogens is 176 g/mol. The molecule has 0 rings (SSSR count). The van der Waals surface area contributed by atoms with Gasteiger partial charge in [0.1, 0.15) is 6.61 Å². The molecule has 0 aromatic heterocycles. The predicted molar refractivity (Wildman–Crippen MR) is 59.0 cm³/mol. The van der Waals surface area contributed by atoms with E-state index < -0.39 is 0 Å². The summed E-state index contributed by atoms with van der Waals surface area (Å²) in [6.45, 7) is 9.56. The van der Waals surface area contributed by atoms with Crippen LogP contribution >= 0.6 is 0 Å². The summed E-state index contributed by atoms with van der Waals surface area (Å²) in [6.07, 6.45) is 7.11. The molecule has 0 fully saturated rings. The average molecular weight is 196 g/mol. The van der Waals surface area contributed by atoms with Gasteiger partial charge in [-0.3, -0.25) is 4.79 Å². The summed E-state index contributed by atoms with van der Waals surface area (Å²) >= 11 is 0. The van der Waals surface area contributed by atoms with Crippen LogP contribution in [0.25, 0.3) is 0 Å².